The molecule has 0 atom stereocenters. The molecule has 0 spiro atoms. The van der Waals surface area contributed by atoms with Crippen molar-refractivity contribution in [2.45, 2.75) is 18.9 Å². The standard InChI is InChI=1S/C32H32N2O3/c1-2-21-34(32(36)31(27-15-8-4-9-16-27)28-17-10-5-11-18-28)25-30(35)33(24-29-19-12-23-37-29)22-20-26-13-6-3-7-14-26/h2-19,23,31H,1,20-22,24-25H2. The number of nitrogens with zero attached hydrogens (tertiary/aromatic N) is 2. The Morgan fingerprint density at radius 1 is 0.784 bits per heavy atom. The number of benzene rings is 3. The van der Waals surface area contributed by atoms with Crippen LogP contribution in [-0.2, 0) is 22.6 Å². The van der Waals surface area contributed by atoms with E-state index in [1.165, 1.54) is 0 Å². The van der Waals surface area contributed by atoms with Crippen LogP contribution in [0.2, 0.25) is 0 Å². The highest BCUT2D eigenvalue weighted by Gasteiger charge is 2.29. The van der Waals surface area contributed by atoms with Gasteiger partial charge >= 0.3 is 0 Å². The molecule has 0 aliphatic heterocycles. The summed E-state index contributed by atoms with van der Waals surface area (Å²) >= 11 is 0. The Morgan fingerprint density at radius 3 is 1.92 bits per heavy atom. The van der Waals surface area contributed by atoms with Gasteiger partial charge < -0.3 is 14.2 Å². The molecule has 2 amide bonds. The number of carbonyl (C=O) groups excluding carboxylic acids is 2. The highest BCUT2D eigenvalue weighted by molar-refractivity contribution is 5.91. The van der Waals surface area contributed by atoms with E-state index < -0.39 is 5.92 Å². The molecule has 1 heterocycles. The third-order valence-electron chi connectivity index (χ3n) is 6.29. The molecule has 0 saturated heterocycles. The Bertz CT molecular complexity index is 1220. The minimum absolute atomic E-state index is 0.0451. The van der Waals surface area contributed by atoms with Gasteiger partial charge in [-0.2, -0.15) is 0 Å². The van der Waals surface area contributed by atoms with Crippen LogP contribution >= 0.6 is 0 Å². The first kappa shape index (κ1) is 25.7. The number of hydrogen-bond donors (Lipinski definition) is 0. The third-order valence-corrected chi connectivity index (χ3v) is 6.29. The fourth-order valence-corrected chi connectivity index (χ4v) is 4.39. The van der Waals surface area contributed by atoms with Gasteiger partial charge in [0.1, 0.15) is 12.3 Å². The van der Waals surface area contributed by atoms with Gasteiger partial charge in [0.15, 0.2) is 0 Å². The van der Waals surface area contributed by atoms with Crippen molar-refractivity contribution in [3.8, 4) is 0 Å². The van der Waals surface area contributed by atoms with Gasteiger partial charge in [0.05, 0.1) is 18.7 Å². The lowest BCUT2D eigenvalue weighted by molar-refractivity contribution is -0.141. The zero-order valence-electron chi connectivity index (χ0n) is 20.9. The molecule has 0 saturated carbocycles. The second-order valence-corrected chi connectivity index (χ2v) is 8.89. The van der Waals surface area contributed by atoms with E-state index in [4.69, 9.17) is 4.42 Å². The van der Waals surface area contributed by atoms with Gasteiger partial charge in [-0.05, 0) is 35.2 Å². The molecule has 0 radical (unpaired) electrons. The first-order valence-electron chi connectivity index (χ1n) is 12.5. The molecule has 188 valence electrons. The second kappa shape index (κ2) is 13.1. The topological polar surface area (TPSA) is 53.8 Å². The maximum Gasteiger partial charge on any atom is 0.242 e. The van der Waals surface area contributed by atoms with Crippen LogP contribution in [0.15, 0.2) is 126 Å². The molecule has 3 aromatic carbocycles. The SMILES string of the molecule is C=CCN(CC(=O)N(CCc1ccccc1)Cc1ccco1)C(=O)C(c1ccccc1)c1ccccc1. The van der Waals surface area contributed by atoms with Crippen molar-refractivity contribution in [3.05, 3.63) is 144 Å². The molecule has 0 aliphatic carbocycles. The van der Waals surface area contributed by atoms with E-state index in [0.29, 0.717) is 25.3 Å². The van der Waals surface area contributed by atoms with Crippen molar-refractivity contribution in [1.82, 2.24) is 9.80 Å². The summed E-state index contributed by atoms with van der Waals surface area (Å²) in [4.78, 5) is 31.0. The van der Waals surface area contributed by atoms with Crippen molar-refractivity contribution in [2.75, 3.05) is 19.6 Å². The van der Waals surface area contributed by atoms with Gasteiger partial charge in [0.2, 0.25) is 11.8 Å². The lowest BCUT2D eigenvalue weighted by atomic mass is 9.90. The monoisotopic (exact) mass is 492 g/mol. The predicted molar refractivity (Wildman–Crippen MR) is 146 cm³/mol. The van der Waals surface area contributed by atoms with E-state index in [1.807, 2.05) is 103 Å². The van der Waals surface area contributed by atoms with Crippen LogP contribution in [0.5, 0.6) is 0 Å². The van der Waals surface area contributed by atoms with E-state index in [0.717, 1.165) is 16.7 Å². The molecule has 0 N–H and O–H groups in total. The molecule has 0 fully saturated rings. The number of rotatable bonds is 12. The molecule has 0 unspecified atom stereocenters. The average molecular weight is 493 g/mol. The van der Waals surface area contributed by atoms with Crippen LogP contribution in [0, 0.1) is 0 Å². The molecular formula is C32H32N2O3. The lowest BCUT2D eigenvalue weighted by Gasteiger charge is -2.29. The van der Waals surface area contributed by atoms with Gasteiger partial charge in [0.25, 0.3) is 0 Å². The zero-order chi connectivity index (χ0) is 25.9. The first-order chi connectivity index (χ1) is 18.2. The van der Waals surface area contributed by atoms with Gasteiger partial charge in [-0.15, -0.1) is 6.58 Å². The number of carbonyl (C=O) groups is 2. The van der Waals surface area contributed by atoms with E-state index in [-0.39, 0.29) is 24.9 Å². The Morgan fingerprint density at radius 2 is 1.38 bits per heavy atom. The van der Waals surface area contributed by atoms with Crippen molar-refractivity contribution < 1.29 is 14.0 Å². The quantitative estimate of drug-likeness (QED) is 0.239. The summed E-state index contributed by atoms with van der Waals surface area (Å²) in [5.74, 6) is -0.0819. The van der Waals surface area contributed by atoms with Crippen molar-refractivity contribution in [1.29, 1.82) is 0 Å². The molecule has 5 nitrogen and oxygen atoms in total. The van der Waals surface area contributed by atoms with Gasteiger partial charge in [-0.1, -0.05) is 97.1 Å². The summed E-state index contributed by atoms with van der Waals surface area (Å²) in [6.07, 6.45) is 3.98. The Balaban J connectivity index is 1.56. The summed E-state index contributed by atoms with van der Waals surface area (Å²) in [6, 6.07) is 33.1. The first-order valence-corrected chi connectivity index (χ1v) is 12.5. The van der Waals surface area contributed by atoms with E-state index in [1.54, 1.807) is 22.1 Å². The molecule has 0 aliphatic rings. The molecule has 0 bridgehead atoms. The van der Waals surface area contributed by atoms with E-state index >= 15 is 0 Å². The summed E-state index contributed by atoms with van der Waals surface area (Å²) < 4.78 is 5.53. The maximum atomic E-state index is 14.0. The van der Waals surface area contributed by atoms with E-state index in [9.17, 15) is 9.59 Å². The highest BCUT2D eigenvalue weighted by atomic mass is 16.3. The number of hydrogen-bond acceptors (Lipinski definition) is 3. The molecular weight excluding hydrogens is 460 g/mol. The summed E-state index contributed by atoms with van der Waals surface area (Å²) in [5, 5.41) is 0. The maximum absolute atomic E-state index is 14.0. The van der Waals surface area contributed by atoms with Crippen molar-refractivity contribution in [2.24, 2.45) is 0 Å². The van der Waals surface area contributed by atoms with E-state index in [2.05, 4.69) is 6.58 Å². The zero-order valence-corrected chi connectivity index (χ0v) is 20.9. The molecule has 1 aromatic heterocycles. The summed E-state index contributed by atoms with van der Waals surface area (Å²) in [7, 11) is 0. The fraction of sp³-hybridized carbons (Fsp3) is 0.188. The van der Waals surface area contributed by atoms with Gasteiger partial charge in [-0.25, -0.2) is 0 Å². The Kier molecular flexibility index (Phi) is 9.08. The number of furan rings is 1. The largest absolute Gasteiger partial charge is 0.467 e. The van der Waals surface area contributed by atoms with Crippen LogP contribution in [0.1, 0.15) is 28.4 Å². The highest BCUT2D eigenvalue weighted by Crippen LogP contribution is 2.27. The molecule has 5 heteroatoms. The summed E-state index contributed by atoms with van der Waals surface area (Å²) in [5.41, 5.74) is 2.92. The van der Waals surface area contributed by atoms with Crippen molar-refractivity contribution in [3.63, 3.8) is 0 Å². The summed E-state index contributed by atoms with van der Waals surface area (Å²) in [6.45, 7) is 4.93. The minimum atomic E-state index is -0.516. The Labute approximate surface area is 218 Å². The minimum Gasteiger partial charge on any atom is -0.467 e. The smallest absolute Gasteiger partial charge is 0.242 e. The van der Waals surface area contributed by atoms with Crippen LogP contribution in [0.4, 0.5) is 0 Å². The molecule has 37 heavy (non-hydrogen) atoms. The van der Waals surface area contributed by atoms with Crippen LogP contribution in [-0.4, -0.2) is 41.2 Å². The van der Waals surface area contributed by atoms with Gasteiger partial charge in [0, 0.05) is 13.1 Å². The predicted octanol–water partition coefficient (Wildman–Crippen LogP) is 5.70. The lowest BCUT2D eigenvalue weighted by Crippen LogP contribution is -2.45. The van der Waals surface area contributed by atoms with Crippen LogP contribution in [0.25, 0.3) is 0 Å². The second-order valence-electron chi connectivity index (χ2n) is 8.89. The number of amides is 2. The Hall–Kier alpha value is -4.38. The fourth-order valence-electron chi connectivity index (χ4n) is 4.39. The van der Waals surface area contributed by atoms with Crippen LogP contribution in [0.3, 0.4) is 0 Å². The van der Waals surface area contributed by atoms with Gasteiger partial charge in [-0.3, -0.25) is 9.59 Å². The molecule has 4 aromatic rings. The normalized spacial score (nSPS) is 10.7. The molecule has 4 rings (SSSR count). The van der Waals surface area contributed by atoms with Crippen molar-refractivity contribution >= 4 is 11.8 Å². The average Bonchev–Trinajstić information content (AvgIpc) is 3.46. The third kappa shape index (κ3) is 7.07. The van der Waals surface area contributed by atoms with Crippen LogP contribution < -0.4 is 0 Å².